The summed E-state index contributed by atoms with van der Waals surface area (Å²) in [4.78, 5) is 1.75. The quantitative estimate of drug-likeness (QED) is 0.588. The zero-order valence-corrected chi connectivity index (χ0v) is 6.64. The molecule has 6 heteroatoms. The zero-order valence-electron chi connectivity index (χ0n) is 6.64. The molecule has 1 heterocycles. The SMILES string of the molecule is CN1CC[N]C(OC(F)(F)F)C1. The first-order chi connectivity index (χ1) is 5.47. The van der Waals surface area contributed by atoms with E-state index in [-0.39, 0.29) is 6.54 Å². The monoisotopic (exact) mass is 183 g/mol. The molecule has 0 N–H and O–H groups in total. The highest BCUT2D eigenvalue weighted by Crippen LogP contribution is 2.19. The lowest BCUT2D eigenvalue weighted by Crippen LogP contribution is -2.48. The standard InChI is InChI=1S/C6H10F3N2O/c1-11-3-2-10-5(4-11)12-6(7,8)9/h5H,2-4H2,1H3. The third-order valence-electron chi connectivity index (χ3n) is 1.55. The van der Waals surface area contributed by atoms with Crippen molar-refractivity contribution in [1.82, 2.24) is 10.2 Å². The van der Waals surface area contributed by atoms with Crippen LogP contribution in [0.1, 0.15) is 0 Å². The number of halogens is 3. The molecule has 0 bridgehead atoms. The molecule has 0 aromatic rings. The lowest BCUT2D eigenvalue weighted by atomic mass is 10.4. The van der Waals surface area contributed by atoms with E-state index < -0.39 is 12.6 Å². The summed E-state index contributed by atoms with van der Waals surface area (Å²) in [5.74, 6) is 0. The molecule has 12 heavy (non-hydrogen) atoms. The molecule has 1 fully saturated rings. The number of likely N-dealkylation sites (N-methyl/N-ethyl adjacent to an activating group) is 1. The van der Waals surface area contributed by atoms with E-state index in [1.54, 1.807) is 11.9 Å². The topological polar surface area (TPSA) is 26.6 Å². The maximum Gasteiger partial charge on any atom is 0.524 e. The Bertz CT molecular complexity index is 150. The van der Waals surface area contributed by atoms with Crippen molar-refractivity contribution in [3.63, 3.8) is 0 Å². The molecule has 1 saturated heterocycles. The Hall–Kier alpha value is -0.330. The maximum atomic E-state index is 11.7. The van der Waals surface area contributed by atoms with E-state index >= 15 is 0 Å². The van der Waals surface area contributed by atoms with Crippen molar-refractivity contribution < 1.29 is 17.9 Å². The van der Waals surface area contributed by atoms with Crippen LogP contribution in [0.25, 0.3) is 0 Å². The Morgan fingerprint density at radius 3 is 2.67 bits per heavy atom. The number of piperazine rings is 1. The molecule has 71 valence electrons. The fraction of sp³-hybridized carbons (Fsp3) is 1.00. The summed E-state index contributed by atoms with van der Waals surface area (Å²) in [7, 11) is 1.74. The molecule has 1 radical (unpaired) electrons. The predicted molar refractivity (Wildman–Crippen MR) is 35.4 cm³/mol. The summed E-state index contributed by atoms with van der Waals surface area (Å²) in [5, 5.41) is 3.68. The molecule has 0 aromatic carbocycles. The van der Waals surface area contributed by atoms with Gasteiger partial charge in [-0.15, -0.1) is 13.2 Å². The van der Waals surface area contributed by atoms with Crippen LogP contribution in [0.5, 0.6) is 0 Å². The third kappa shape index (κ3) is 3.38. The summed E-state index contributed by atoms with van der Waals surface area (Å²) in [6.45, 7) is 1.30. The Labute approximate surface area is 68.5 Å². The summed E-state index contributed by atoms with van der Waals surface area (Å²) >= 11 is 0. The van der Waals surface area contributed by atoms with Crippen LogP contribution < -0.4 is 5.32 Å². The average Bonchev–Trinajstić information content (AvgIpc) is 1.82. The molecule has 0 amide bonds. The van der Waals surface area contributed by atoms with Gasteiger partial charge in [-0.1, -0.05) is 0 Å². The highest BCUT2D eigenvalue weighted by molar-refractivity contribution is 4.68. The number of alkyl halides is 3. The lowest BCUT2D eigenvalue weighted by molar-refractivity contribution is -0.349. The minimum absolute atomic E-state index is 0.208. The first kappa shape index (κ1) is 9.76. The van der Waals surface area contributed by atoms with E-state index in [1.807, 2.05) is 0 Å². The van der Waals surface area contributed by atoms with E-state index in [9.17, 15) is 13.2 Å². The van der Waals surface area contributed by atoms with Crippen LogP contribution in [-0.4, -0.2) is 44.2 Å². The van der Waals surface area contributed by atoms with Gasteiger partial charge in [0.15, 0.2) is 0 Å². The molecular weight excluding hydrogens is 173 g/mol. The van der Waals surface area contributed by atoms with Gasteiger partial charge in [-0.2, -0.15) is 0 Å². The largest absolute Gasteiger partial charge is 0.524 e. The fourth-order valence-electron chi connectivity index (χ4n) is 1.02. The van der Waals surface area contributed by atoms with Crippen LogP contribution >= 0.6 is 0 Å². The summed E-state index contributed by atoms with van der Waals surface area (Å²) in [6, 6.07) is 0. The van der Waals surface area contributed by atoms with Crippen LogP contribution in [0.15, 0.2) is 0 Å². The number of rotatable bonds is 1. The molecule has 1 unspecified atom stereocenters. The molecule has 1 atom stereocenters. The molecular formula is C6H10F3N2O. The molecule has 0 aromatic heterocycles. The van der Waals surface area contributed by atoms with E-state index in [0.29, 0.717) is 13.1 Å². The van der Waals surface area contributed by atoms with Crippen molar-refractivity contribution >= 4 is 0 Å². The number of ether oxygens (including phenoxy) is 1. The zero-order chi connectivity index (χ0) is 9.19. The minimum Gasteiger partial charge on any atom is -0.301 e. The molecule has 0 saturated carbocycles. The van der Waals surface area contributed by atoms with Crippen LogP contribution in [0, 0.1) is 0 Å². The fourth-order valence-corrected chi connectivity index (χ4v) is 1.02. The normalized spacial score (nSPS) is 27.5. The van der Waals surface area contributed by atoms with Gasteiger partial charge in [0.25, 0.3) is 0 Å². The maximum absolute atomic E-state index is 11.7. The second-order valence-electron chi connectivity index (χ2n) is 2.69. The smallest absolute Gasteiger partial charge is 0.301 e. The number of hydrogen-bond acceptors (Lipinski definition) is 2. The minimum atomic E-state index is -4.58. The highest BCUT2D eigenvalue weighted by Gasteiger charge is 2.35. The summed E-state index contributed by atoms with van der Waals surface area (Å²) in [6.07, 6.45) is -5.63. The first-order valence-electron chi connectivity index (χ1n) is 3.57. The van der Waals surface area contributed by atoms with E-state index in [4.69, 9.17) is 0 Å². The Morgan fingerprint density at radius 1 is 1.50 bits per heavy atom. The molecule has 1 aliphatic heterocycles. The molecule has 1 aliphatic rings. The Morgan fingerprint density at radius 2 is 2.17 bits per heavy atom. The van der Waals surface area contributed by atoms with Gasteiger partial charge < -0.3 is 4.90 Å². The predicted octanol–water partition coefficient (Wildman–Crippen LogP) is 0.399. The molecule has 0 spiro atoms. The highest BCUT2D eigenvalue weighted by atomic mass is 19.4. The average molecular weight is 183 g/mol. The van der Waals surface area contributed by atoms with Gasteiger partial charge in [0.1, 0.15) is 6.23 Å². The lowest BCUT2D eigenvalue weighted by Gasteiger charge is -2.29. The van der Waals surface area contributed by atoms with Gasteiger partial charge in [0.05, 0.1) is 0 Å². The first-order valence-corrected chi connectivity index (χ1v) is 3.57. The van der Waals surface area contributed by atoms with Gasteiger partial charge in [-0.05, 0) is 7.05 Å². The number of hydrogen-bond donors (Lipinski definition) is 0. The second-order valence-corrected chi connectivity index (χ2v) is 2.69. The van der Waals surface area contributed by atoms with Crippen LogP contribution in [0.4, 0.5) is 13.2 Å². The summed E-state index contributed by atoms with van der Waals surface area (Å²) < 4.78 is 38.7. The van der Waals surface area contributed by atoms with Gasteiger partial charge in [-0.3, -0.25) is 4.74 Å². The van der Waals surface area contributed by atoms with Crippen molar-refractivity contribution in [2.24, 2.45) is 0 Å². The summed E-state index contributed by atoms with van der Waals surface area (Å²) in [5.41, 5.74) is 0. The van der Waals surface area contributed by atoms with Gasteiger partial charge in [-0.25, -0.2) is 5.32 Å². The van der Waals surface area contributed by atoms with Crippen LogP contribution in [-0.2, 0) is 4.74 Å². The third-order valence-corrected chi connectivity index (χ3v) is 1.55. The van der Waals surface area contributed by atoms with Crippen LogP contribution in [0.3, 0.4) is 0 Å². The van der Waals surface area contributed by atoms with Crippen molar-refractivity contribution in [1.29, 1.82) is 0 Å². The van der Waals surface area contributed by atoms with Crippen molar-refractivity contribution in [3.05, 3.63) is 0 Å². The van der Waals surface area contributed by atoms with Crippen LogP contribution in [0.2, 0.25) is 0 Å². The molecule has 0 aliphatic carbocycles. The number of nitrogens with zero attached hydrogens (tertiary/aromatic N) is 2. The van der Waals surface area contributed by atoms with E-state index in [2.05, 4.69) is 10.1 Å². The second kappa shape index (κ2) is 3.59. The molecule has 3 nitrogen and oxygen atoms in total. The van der Waals surface area contributed by atoms with Crippen molar-refractivity contribution in [2.45, 2.75) is 12.6 Å². The Balaban J connectivity index is 2.32. The van der Waals surface area contributed by atoms with Crippen molar-refractivity contribution in [2.75, 3.05) is 26.7 Å². The van der Waals surface area contributed by atoms with E-state index in [0.717, 1.165) is 0 Å². The van der Waals surface area contributed by atoms with Gasteiger partial charge in [0, 0.05) is 19.6 Å². The van der Waals surface area contributed by atoms with Gasteiger partial charge >= 0.3 is 6.36 Å². The Kier molecular flexibility index (Phi) is 2.92. The van der Waals surface area contributed by atoms with Gasteiger partial charge in [0.2, 0.25) is 0 Å². The van der Waals surface area contributed by atoms with E-state index in [1.165, 1.54) is 0 Å². The molecule has 1 rings (SSSR count). The van der Waals surface area contributed by atoms with Crippen molar-refractivity contribution in [3.8, 4) is 0 Å².